The molecule has 2 heteroatoms. The summed E-state index contributed by atoms with van der Waals surface area (Å²) in [4.78, 5) is 0. The quantitative estimate of drug-likeness (QED) is 0.522. The average molecular weight is 124 g/mol. The van der Waals surface area contributed by atoms with Crippen LogP contribution in [-0.4, -0.2) is 5.11 Å². The number of benzene rings is 1. The van der Waals surface area contributed by atoms with E-state index in [1.165, 1.54) is 0 Å². The van der Waals surface area contributed by atoms with Crippen molar-refractivity contribution in [1.29, 1.82) is 0 Å². The third-order valence-electron chi connectivity index (χ3n) is 1.26. The zero-order chi connectivity index (χ0) is 6.85. The first-order valence-electron chi connectivity index (χ1n) is 2.82. The Hall–Kier alpha value is -1.02. The zero-order valence-corrected chi connectivity index (χ0v) is 5.39. The van der Waals surface area contributed by atoms with Gasteiger partial charge < -0.3 is 10.8 Å². The van der Waals surface area contributed by atoms with Crippen LogP contribution in [0.15, 0.2) is 18.2 Å². The molecule has 0 amide bonds. The molecule has 9 heavy (non-hydrogen) atoms. The Bertz CT molecular complexity index is 220. The predicted molar refractivity (Wildman–Crippen MR) is 35.4 cm³/mol. The lowest BCUT2D eigenvalue weighted by atomic mass is 10.2. The van der Waals surface area contributed by atoms with Gasteiger partial charge in [0, 0.05) is 12.1 Å². The van der Waals surface area contributed by atoms with E-state index in [0.29, 0.717) is 5.75 Å². The van der Waals surface area contributed by atoms with Gasteiger partial charge in [0.2, 0.25) is 0 Å². The molecule has 0 radical (unpaired) electrons. The largest absolute Gasteiger partial charge is 0.508 e. The smallest absolute Gasteiger partial charge is 0.128 e. The first-order valence-corrected chi connectivity index (χ1v) is 2.82. The van der Waals surface area contributed by atoms with Crippen molar-refractivity contribution in [3.05, 3.63) is 23.8 Å². The van der Waals surface area contributed by atoms with Gasteiger partial charge in [-0.1, -0.05) is 0 Å². The standard InChI is InChI=1S/C7H9NO/c1-5-4-6(8)2-3-7(5)9/h2-4,9H,8H2,1H3/p+1. The Morgan fingerprint density at radius 2 is 2.11 bits per heavy atom. The van der Waals surface area contributed by atoms with E-state index in [1.54, 1.807) is 12.1 Å². The van der Waals surface area contributed by atoms with Crippen molar-refractivity contribution in [3.8, 4) is 5.75 Å². The molecule has 0 saturated heterocycles. The SMILES string of the molecule is Cc1cc([NH3+])ccc1O. The molecule has 48 valence electrons. The number of phenolic OH excluding ortho intramolecular Hbond substituents is 1. The van der Waals surface area contributed by atoms with Gasteiger partial charge in [0.1, 0.15) is 11.4 Å². The van der Waals surface area contributed by atoms with E-state index in [-0.39, 0.29) is 0 Å². The van der Waals surface area contributed by atoms with E-state index in [0.717, 1.165) is 11.3 Å². The van der Waals surface area contributed by atoms with Gasteiger partial charge in [0.05, 0.1) is 0 Å². The van der Waals surface area contributed by atoms with Gasteiger partial charge in [-0.2, -0.15) is 0 Å². The molecule has 4 N–H and O–H groups in total. The highest BCUT2D eigenvalue weighted by molar-refractivity contribution is 5.40. The average Bonchev–Trinajstić information content (AvgIpc) is 1.80. The van der Waals surface area contributed by atoms with Crippen LogP contribution in [0, 0.1) is 6.92 Å². The van der Waals surface area contributed by atoms with Crippen LogP contribution < -0.4 is 5.73 Å². The number of quaternary nitrogens is 1. The van der Waals surface area contributed by atoms with Crippen LogP contribution in [0.1, 0.15) is 5.56 Å². The molecule has 0 spiro atoms. The van der Waals surface area contributed by atoms with Gasteiger partial charge in [0.25, 0.3) is 0 Å². The minimum absolute atomic E-state index is 0.336. The lowest BCUT2D eigenvalue weighted by Crippen LogP contribution is -2.39. The molecular formula is C7H10NO+. The molecule has 2 nitrogen and oxygen atoms in total. The van der Waals surface area contributed by atoms with Crippen LogP contribution >= 0.6 is 0 Å². The molecule has 1 aromatic carbocycles. The van der Waals surface area contributed by atoms with Gasteiger partial charge in [-0.15, -0.1) is 0 Å². The van der Waals surface area contributed by atoms with E-state index in [9.17, 15) is 0 Å². The van der Waals surface area contributed by atoms with Crippen molar-refractivity contribution in [1.82, 2.24) is 0 Å². The second kappa shape index (κ2) is 2.07. The molecule has 1 rings (SSSR count). The van der Waals surface area contributed by atoms with E-state index in [4.69, 9.17) is 5.11 Å². The highest BCUT2D eigenvalue weighted by Gasteiger charge is 1.94. The highest BCUT2D eigenvalue weighted by Crippen LogP contribution is 2.16. The van der Waals surface area contributed by atoms with Crippen molar-refractivity contribution in [3.63, 3.8) is 0 Å². The Kier molecular flexibility index (Phi) is 1.40. The molecule has 0 fully saturated rings. The number of phenols is 1. The topological polar surface area (TPSA) is 47.9 Å². The van der Waals surface area contributed by atoms with Gasteiger partial charge in [-0.05, 0) is 18.6 Å². The van der Waals surface area contributed by atoms with Gasteiger partial charge in [-0.3, -0.25) is 0 Å². The summed E-state index contributed by atoms with van der Waals surface area (Å²) in [5.74, 6) is 0.336. The minimum atomic E-state index is 0.336. The first-order chi connectivity index (χ1) is 4.20. The van der Waals surface area contributed by atoms with Gasteiger partial charge in [-0.25, -0.2) is 0 Å². The van der Waals surface area contributed by atoms with Gasteiger partial charge in [0.15, 0.2) is 0 Å². The van der Waals surface area contributed by atoms with Crippen LogP contribution in [0.25, 0.3) is 0 Å². The summed E-state index contributed by atoms with van der Waals surface area (Å²) in [5, 5.41) is 9.02. The lowest BCUT2D eigenvalue weighted by molar-refractivity contribution is -0.254. The minimum Gasteiger partial charge on any atom is -0.508 e. The second-order valence-electron chi connectivity index (χ2n) is 2.12. The lowest BCUT2D eigenvalue weighted by Gasteiger charge is -1.94. The maximum Gasteiger partial charge on any atom is 0.128 e. The fourth-order valence-corrected chi connectivity index (χ4v) is 0.718. The number of hydrogen-bond donors (Lipinski definition) is 2. The molecule has 0 bridgehead atoms. The van der Waals surface area contributed by atoms with Crippen LogP contribution in [0.4, 0.5) is 5.69 Å². The summed E-state index contributed by atoms with van der Waals surface area (Å²) >= 11 is 0. The third-order valence-corrected chi connectivity index (χ3v) is 1.26. The van der Waals surface area contributed by atoms with Crippen molar-refractivity contribution < 1.29 is 10.8 Å². The van der Waals surface area contributed by atoms with Crippen molar-refractivity contribution in [2.45, 2.75) is 6.92 Å². The Labute approximate surface area is 53.9 Å². The summed E-state index contributed by atoms with van der Waals surface area (Å²) < 4.78 is 0. The van der Waals surface area contributed by atoms with Crippen LogP contribution in [-0.2, 0) is 0 Å². The normalized spacial score (nSPS) is 9.56. The summed E-state index contributed by atoms with van der Waals surface area (Å²) in [6, 6.07) is 5.27. The fourth-order valence-electron chi connectivity index (χ4n) is 0.718. The van der Waals surface area contributed by atoms with Crippen LogP contribution in [0.2, 0.25) is 0 Å². The summed E-state index contributed by atoms with van der Waals surface area (Å²) in [5.41, 5.74) is 5.52. The van der Waals surface area contributed by atoms with Crippen molar-refractivity contribution >= 4 is 5.69 Å². The molecule has 1 aromatic rings. The monoisotopic (exact) mass is 124 g/mol. The summed E-state index contributed by atoms with van der Waals surface area (Å²) in [6.45, 7) is 1.85. The highest BCUT2D eigenvalue weighted by atomic mass is 16.3. The molecular weight excluding hydrogens is 114 g/mol. The summed E-state index contributed by atoms with van der Waals surface area (Å²) in [6.07, 6.45) is 0. The molecule has 0 atom stereocenters. The third kappa shape index (κ3) is 1.21. The molecule has 0 heterocycles. The number of aryl methyl sites for hydroxylation is 1. The summed E-state index contributed by atoms with van der Waals surface area (Å²) in [7, 11) is 0. The van der Waals surface area contributed by atoms with Crippen molar-refractivity contribution in [2.75, 3.05) is 0 Å². The number of rotatable bonds is 0. The Morgan fingerprint density at radius 1 is 1.44 bits per heavy atom. The molecule has 0 aliphatic heterocycles. The van der Waals surface area contributed by atoms with Gasteiger partial charge >= 0.3 is 0 Å². The maximum absolute atomic E-state index is 9.02. The van der Waals surface area contributed by atoms with E-state index >= 15 is 0 Å². The molecule has 0 aliphatic rings. The van der Waals surface area contributed by atoms with E-state index in [1.807, 2.05) is 13.0 Å². The number of hydrogen-bond acceptors (Lipinski definition) is 1. The fraction of sp³-hybridized carbons (Fsp3) is 0.143. The first kappa shape index (κ1) is 6.11. The number of aromatic hydroxyl groups is 1. The van der Waals surface area contributed by atoms with Crippen molar-refractivity contribution in [2.24, 2.45) is 0 Å². The Morgan fingerprint density at radius 3 is 2.56 bits per heavy atom. The van der Waals surface area contributed by atoms with Crippen LogP contribution in [0.5, 0.6) is 5.75 Å². The van der Waals surface area contributed by atoms with Crippen LogP contribution in [0.3, 0.4) is 0 Å². The Balaban J connectivity index is 3.17. The van der Waals surface area contributed by atoms with E-state index < -0.39 is 0 Å². The molecule has 0 aliphatic carbocycles. The molecule has 0 aromatic heterocycles. The van der Waals surface area contributed by atoms with E-state index in [2.05, 4.69) is 5.73 Å². The molecule has 0 saturated carbocycles. The predicted octanol–water partition coefficient (Wildman–Crippen LogP) is 0.574. The molecule has 0 unspecified atom stereocenters. The zero-order valence-electron chi connectivity index (χ0n) is 5.39. The second-order valence-corrected chi connectivity index (χ2v) is 2.12. The maximum atomic E-state index is 9.02.